The summed E-state index contributed by atoms with van der Waals surface area (Å²) in [5.74, 6) is -0.447. The fourth-order valence-electron chi connectivity index (χ4n) is 4.69. The molecule has 0 aromatic heterocycles. The Balaban J connectivity index is 1.51. The van der Waals surface area contributed by atoms with E-state index in [1.165, 1.54) is 0 Å². The number of nitrogens with one attached hydrogen (secondary N) is 1. The summed E-state index contributed by atoms with van der Waals surface area (Å²) in [6.45, 7) is 6.38. The van der Waals surface area contributed by atoms with Gasteiger partial charge in [0.25, 0.3) is 10.1 Å². The molecule has 0 aliphatic heterocycles. The molecule has 0 fully saturated rings. The van der Waals surface area contributed by atoms with E-state index in [-0.39, 0.29) is 29.9 Å². The molecule has 0 heterocycles. The molecule has 0 saturated heterocycles. The standard InChI is InChI=1S/C37H37Cl2NO6S/c1-37(2,3)21-20-25-6-10-27(11-7-25)32(23-26-8-12-28(13-9-26)34(41)5-4-22-47(43,44)45)36(42)40-30-15-17-31(18-16-30)46-35-19-14-29(38)24-33(35)39/h6-21,24,32H,4-5,22-23H2,1-3H3,(H,40,42)(H,43,44,45)/b21-20+. The molecule has 2 N–H and O–H groups in total. The zero-order valence-electron chi connectivity index (χ0n) is 26.4. The molecule has 4 aromatic carbocycles. The van der Waals surface area contributed by atoms with E-state index in [1.807, 2.05) is 24.3 Å². The second-order valence-electron chi connectivity index (χ2n) is 12.3. The largest absolute Gasteiger partial charge is 0.456 e. The van der Waals surface area contributed by atoms with Crippen molar-refractivity contribution in [3.05, 3.63) is 129 Å². The fraction of sp³-hybridized carbons (Fsp3) is 0.243. The number of benzene rings is 4. The molecule has 7 nitrogen and oxygen atoms in total. The van der Waals surface area contributed by atoms with Crippen LogP contribution >= 0.6 is 23.2 Å². The van der Waals surface area contributed by atoms with Gasteiger partial charge in [-0.2, -0.15) is 8.42 Å². The minimum absolute atomic E-state index is 0.00323. The van der Waals surface area contributed by atoms with Gasteiger partial charge in [0.2, 0.25) is 5.91 Å². The highest BCUT2D eigenvalue weighted by Gasteiger charge is 2.22. The van der Waals surface area contributed by atoms with E-state index in [9.17, 15) is 18.0 Å². The Hall–Kier alpha value is -3.95. The third kappa shape index (κ3) is 11.7. The van der Waals surface area contributed by atoms with Crippen molar-refractivity contribution in [3.63, 3.8) is 0 Å². The first-order valence-corrected chi connectivity index (χ1v) is 17.4. The number of rotatable bonds is 13. The summed E-state index contributed by atoms with van der Waals surface area (Å²) in [6.07, 6.45) is 4.59. The quantitative estimate of drug-likeness (QED) is 0.107. The predicted octanol–water partition coefficient (Wildman–Crippen LogP) is 9.66. The van der Waals surface area contributed by atoms with Gasteiger partial charge in [-0.1, -0.05) is 105 Å². The number of Topliss-reactive ketones (excluding diaryl/α,β-unsaturated/α-hetero) is 1. The zero-order valence-corrected chi connectivity index (χ0v) is 28.7. The van der Waals surface area contributed by atoms with Gasteiger partial charge in [-0.3, -0.25) is 14.1 Å². The molecule has 0 spiro atoms. The Morgan fingerprint density at radius 1 is 0.915 bits per heavy atom. The number of halogens is 2. The van der Waals surface area contributed by atoms with E-state index in [0.717, 1.165) is 16.7 Å². The Kier molecular flexibility index (Phi) is 12.0. The Morgan fingerprint density at radius 2 is 1.57 bits per heavy atom. The van der Waals surface area contributed by atoms with E-state index >= 15 is 0 Å². The summed E-state index contributed by atoms with van der Waals surface area (Å²) in [6, 6.07) is 26.7. The number of allylic oxidation sites excluding steroid dienone is 1. The molecular formula is C37H37Cl2NO6S. The molecule has 1 unspecified atom stereocenters. The highest BCUT2D eigenvalue weighted by Crippen LogP contribution is 2.32. The number of hydrogen-bond donors (Lipinski definition) is 2. The molecule has 4 rings (SSSR count). The number of ketones is 1. The van der Waals surface area contributed by atoms with Crippen LogP contribution in [0.3, 0.4) is 0 Å². The maximum absolute atomic E-state index is 13.8. The maximum atomic E-state index is 13.8. The Labute approximate surface area is 286 Å². The fourth-order valence-corrected chi connectivity index (χ4v) is 5.65. The molecule has 0 aliphatic rings. The van der Waals surface area contributed by atoms with Gasteiger partial charge in [-0.25, -0.2) is 0 Å². The molecular weight excluding hydrogens is 657 g/mol. The molecule has 0 bridgehead atoms. The van der Waals surface area contributed by atoms with E-state index in [4.69, 9.17) is 32.5 Å². The van der Waals surface area contributed by atoms with Crippen molar-refractivity contribution in [2.24, 2.45) is 5.41 Å². The van der Waals surface area contributed by atoms with Crippen LogP contribution in [0.4, 0.5) is 5.69 Å². The number of carbonyl (C=O) groups is 2. The third-order valence-corrected chi connectivity index (χ3v) is 8.53. The first kappa shape index (κ1) is 35.9. The topological polar surface area (TPSA) is 110 Å². The lowest BCUT2D eigenvalue weighted by Gasteiger charge is -2.19. The van der Waals surface area contributed by atoms with Crippen molar-refractivity contribution in [3.8, 4) is 11.5 Å². The lowest BCUT2D eigenvalue weighted by atomic mass is 9.89. The van der Waals surface area contributed by atoms with Crippen LogP contribution in [0, 0.1) is 5.41 Å². The van der Waals surface area contributed by atoms with Gasteiger partial charge < -0.3 is 10.1 Å². The number of amides is 1. The normalized spacial score (nSPS) is 12.6. The van der Waals surface area contributed by atoms with Crippen molar-refractivity contribution >= 4 is 56.8 Å². The number of hydrogen-bond acceptors (Lipinski definition) is 5. The van der Waals surface area contributed by atoms with Crippen molar-refractivity contribution in [1.82, 2.24) is 0 Å². The van der Waals surface area contributed by atoms with E-state index in [1.54, 1.807) is 66.7 Å². The van der Waals surface area contributed by atoms with Crippen molar-refractivity contribution < 1.29 is 27.3 Å². The molecule has 246 valence electrons. The number of carbonyl (C=O) groups excluding carboxylic acids is 2. The summed E-state index contributed by atoms with van der Waals surface area (Å²) in [4.78, 5) is 26.3. The van der Waals surface area contributed by atoms with Gasteiger partial charge in [0.05, 0.1) is 16.7 Å². The van der Waals surface area contributed by atoms with Gasteiger partial charge in [0.1, 0.15) is 11.5 Å². The molecule has 10 heteroatoms. The SMILES string of the molecule is CC(C)(C)/C=C/c1ccc(C(Cc2ccc(C(=O)CCCS(=O)(=O)O)cc2)C(=O)Nc2ccc(Oc3ccc(Cl)cc3Cl)cc2)cc1. The molecule has 0 radical (unpaired) electrons. The van der Waals surface area contributed by atoms with Gasteiger partial charge >= 0.3 is 0 Å². The number of anilines is 1. The number of ether oxygens (including phenoxy) is 1. The van der Waals surface area contributed by atoms with E-state index in [2.05, 4.69) is 38.2 Å². The summed E-state index contributed by atoms with van der Waals surface area (Å²) in [7, 11) is -4.12. The van der Waals surface area contributed by atoms with Crippen LogP contribution in [0.2, 0.25) is 10.0 Å². The minimum Gasteiger partial charge on any atom is -0.456 e. The van der Waals surface area contributed by atoms with Crippen LogP contribution in [-0.2, 0) is 21.3 Å². The van der Waals surface area contributed by atoms with E-state index < -0.39 is 21.8 Å². The summed E-state index contributed by atoms with van der Waals surface area (Å²) >= 11 is 12.2. The van der Waals surface area contributed by atoms with Crippen LogP contribution in [0.25, 0.3) is 6.08 Å². The summed E-state index contributed by atoms with van der Waals surface area (Å²) in [5, 5.41) is 3.91. The second kappa shape index (κ2) is 15.8. The Bertz CT molecular complexity index is 1830. The second-order valence-corrected chi connectivity index (χ2v) is 14.7. The smallest absolute Gasteiger partial charge is 0.264 e. The summed E-state index contributed by atoms with van der Waals surface area (Å²) < 4.78 is 36.7. The van der Waals surface area contributed by atoms with Crippen LogP contribution in [0.5, 0.6) is 11.5 Å². The molecule has 1 amide bonds. The van der Waals surface area contributed by atoms with Crippen LogP contribution in [0.15, 0.2) is 97.1 Å². The van der Waals surface area contributed by atoms with E-state index in [0.29, 0.717) is 39.2 Å². The van der Waals surface area contributed by atoms with Gasteiger partial charge in [-0.05, 0) is 77.4 Å². The van der Waals surface area contributed by atoms with Crippen molar-refractivity contribution in [1.29, 1.82) is 0 Å². The first-order chi connectivity index (χ1) is 22.1. The van der Waals surface area contributed by atoms with Crippen molar-refractivity contribution in [2.75, 3.05) is 11.1 Å². The molecule has 4 aromatic rings. The Morgan fingerprint density at radius 3 is 2.17 bits per heavy atom. The van der Waals surface area contributed by atoms with Crippen LogP contribution in [0.1, 0.15) is 66.6 Å². The minimum atomic E-state index is -4.12. The lowest BCUT2D eigenvalue weighted by Crippen LogP contribution is -2.23. The third-order valence-electron chi connectivity index (χ3n) is 7.20. The van der Waals surface area contributed by atoms with Gasteiger partial charge in [0, 0.05) is 22.7 Å². The monoisotopic (exact) mass is 693 g/mol. The molecule has 47 heavy (non-hydrogen) atoms. The molecule has 0 aliphatic carbocycles. The van der Waals surface area contributed by atoms with Crippen LogP contribution < -0.4 is 10.1 Å². The van der Waals surface area contributed by atoms with Gasteiger partial charge in [0.15, 0.2) is 5.78 Å². The zero-order chi connectivity index (χ0) is 34.2. The highest BCUT2D eigenvalue weighted by atomic mass is 35.5. The average Bonchev–Trinajstić information content (AvgIpc) is 3.00. The average molecular weight is 695 g/mol. The van der Waals surface area contributed by atoms with Crippen molar-refractivity contribution in [2.45, 2.75) is 46.0 Å². The molecule has 0 saturated carbocycles. The summed E-state index contributed by atoms with van der Waals surface area (Å²) in [5.41, 5.74) is 3.76. The highest BCUT2D eigenvalue weighted by molar-refractivity contribution is 7.85. The predicted molar refractivity (Wildman–Crippen MR) is 189 cm³/mol. The van der Waals surface area contributed by atoms with Gasteiger partial charge in [-0.15, -0.1) is 0 Å². The maximum Gasteiger partial charge on any atom is 0.264 e. The van der Waals surface area contributed by atoms with Crippen LogP contribution in [-0.4, -0.2) is 30.4 Å². The first-order valence-electron chi connectivity index (χ1n) is 15.1. The lowest BCUT2D eigenvalue weighted by molar-refractivity contribution is -0.117. The molecule has 1 atom stereocenters.